The second kappa shape index (κ2) is 6.36. The van der Waals surface area contributed by atoms with Crippen LogP contribution in [0.4, 0.5) is 5.82 Å². The van der Waals surface area contributed by atoms with E-state index in [1.165, 1.54) is 24.3 Å². The number of ether oxygens (including phenoxy) is 2. The van der Waals surface area contributed by atoms with E-state index in [0.29, 0.717) is 11.2 Å². The van der Waals surface area contributed by atoms with Crippen molar-refractivity contribution in [2.45, 2.75) is 24.5 Å². The fraction of sp³-hybridized carbons (Fsp3) is 0.583. The van der Waals surface area contributed by atoms with E-state index in [9.17, 15) is 14.6 Å². The van der Waals surface area contributed by atoms with Crippen molar-refractivity contribution in [2.24, 2.45) is 0 Å². The number of rotatable bonds is 5. The minimum atomic E-state index is -3.67. The smallest absolute Gasteiger partial charge is 0.325 e. The van der Waals surface area contributed by atoms with Crippen LogP contribution in [0.2, 0.25) is 0 Å². The number of aliphatic hydroxyl groups excluding tert-OH is 1. The minimum Gasteiger partial charge on any atom is -0.386 e. The third-order valence-electron chi connectivity index (χ3n) is 3.72. The van der Waals surface area contributed by atoms with Gasteiger partial charge in [0.25, 0.3) is 0 Å². The first-order valence-electron chi connectivity index (χ1n) is 7.06. The number of nitrogens with two attached hydrogens (primary N) is 1. The lowest BCUT2D eigenvalue weighted by atomic mass is 10.1. The van der Waals surface area contributed by atoms with Crippen molar-refractivity contribution in [1.29, 1.82) is 0 Å². The molecule has 1 fully saturated rings. The molecule has 3 unspecified atom stereocenters. The lowest BCUT2D eigenvalue weighted by Crippen LogP contribution is -2.35. The third-order valence-corrected chi connectivity index (χ3v) is 4.35. The summed E-state index contributed by atoms with van der Waals surface area (Å²) >= 11 is 0. The van der Waals surface area contributed by atoms with Crippen LogP contribution >= 0.6 is 7.60 Å². The number of hydrogen-bond donors (Lipinski definition) is 3. The largest absolute Gasteiger partial charge is 0.386 e. The van der Waals surface area contributed by atoms with E-state index in [0.717, 1.165) is 6.66 Å². The predicted molar refractivity (Wildman–Crippen MR) is 82.2 cm³/mol. The highest BCUT2D eigenvalue weighted by atomic mass is 31.2. The third kappa shape index (κ3) is 3.14. The molecule has 132 valence electrons. The summed E-state index contributed by atoms with van der Waals surface area (Å²) in [7, 11) is -2.27. The highest BCUT2D eigenvalue weighted by Gasteiger charge is 2.46. The number of aromatic nitrogens is 4. The van der Waals surface area contributed by atoms with E-state index < -0.39 is 32.1 Å². The second-order valence-electron chi connectivity index (χ2n) is 5.44. The molecule has 2 aromatic rings. The quantitative estimate of drug-likeness (QED) is 0.596. The molecule has 12 heteroatoms. The van der Waals surface area contributed by atoms with Crippen molar-refractivity contribution in [3.63, 3.8) is 0 Å². The Morgan fingerprint density at radius 1 is 1.46 bits per heavy atom. The molecule has 3 heterocycles. The summed E-state index contributed by atoms with van der Waals surface area (Å²) in [6.07, 6.45) is -0.712. The van der Waals surface area contributed by atoms with Gasteiger partial charge in [-0.25, -0.2) is 15.0 Å². The average molecular weight is 359 g/mol. The maximum Gasteiger partial charge on any atom is 0.325 e. The van der Waals surface area contributed by atoms with Gasteiger partial charge < -0.3 is 29.7 Å². The number of methoxy groups -OCH3 is 1. The molecule has 0 radical (unpaired) electrons. The highest BCUT2D eigenvalue weighted by molar-refractivity contribution is 7.51. The molecular weight excluding hydrogens is 341 g/mol. The number of fused-ring (bicyclic) bond motifs is 1. The summed E-state index contributed by atoms with van der Waals surface area (Å²) in [5.74, 6) is 0.210. The molecule has 24 heavy (non-hydrogen) atoms. The molecule has 0 aliphatic carbocycles. The van der Waals surface area contributed by atoms with Crippen LogP contribution in [0.15, 0.2) is 12.7 Å². The summed E-state index contributed by atoms with van der Waals surface area (Å²) in [5, 5.41) is 10.5. The van der Waals surface area contributed by atoms with E-state index in [4.69, 9.17) is 19.7 Å². The monoisotopic (exact) mass is 359 g/mol. The fourth-order valence-corrected chi connectivity index (χ4v) is 3.07. The fourth-order valence-electron chi connectivity index (χ4n) is 2.64. The van der Waals surface area contributed by atoms with Gasteiger partial charge in [-0.3, -0.25) is 9.13 Å². The van der Waals surface area contributed by atoms with Crippen LogP contribution in [-0.4, -0.2) is 68.2 Å². The standard InChI is InChI=1S/C12H18N5O6P/c1-21-9-6(3-22-24(2,19)20)23-12(8(9)18)17-5-16-7-10(13)14-4-15-11(7)17/h4-6,8-9,12,18H,3H2,1-2H3,(H,19,20)(H2,13,14,15)/t6-,8?,9?,12-/m1/s1. The van der Waals surface area contributed by atoms with Gasteiger partial charge in [0, 0.05) is 13.8 Å². The maximum absolute atomic E-state index is 11.3. The van der Waals surface area contributed by atoms with Gasteiger partial charge in [-0.2, -0.15) is 0 Å². The van der Waals surface area contributed by atoms with E-state index in [2.05, 4.69) is 15.0 Å². The van der Waals surface area contributed by atoms with Gasteiger partial charge in [-0.05, 0) is 0 Å². The SMILES string of the molecule is COC1C(O)[C@H](n2cnc3c(N)ncnc32)O[C@@H]1COP(C)(=O)O. The summed E-state index contributed by atoms with van der Waals surface area (Å²) in [6.45, 7) is 0.862. The maximum atomic E-state index is 11.3. The van der Waals surface area contributed by atoms with Gasteiger partial charge in [-0.15, -0.1) is 0 Å². The van der Waals surface area contributed by atoms with Gasteiger partial charge in [0.2, 0.25) is 0 Å². The van der Waals surface area contributed by atoms with E-state index in [-0.39, 0.29) is 12.4 Å². The normalized spacial score (nSPS) is 29.8. The Balaban J connectivity index is 1.88. The molecule has 2 aromatic heterocycles. The summed E-state index contributed by atoms with van der Waals surface area (Å²) in [5.41, 5.74) is 6.52. The predicted octanol–water partition coefficient (Wildman–Crippen LogP) is -0.486. The van der Waals surface area contributed by atoms with Crippen molar-refractivity contribution >= 4 is 24.6 Å². The molecule has 3 rings (SSSR count). The molecule has 1 aliphatic rings. The Labute approximate surface area is 136 Å². The topological polar surface area (TPSA) is 155 Å². The van der Waals surface area contributed by atoms with Crippen molar-refractivity contribution in [2.75, 3.05) is 26.1 Å². The Morgan fingerprint density at radius 2 is 2.21 bits per heavy atom. The average Bonchev–Trinajstić information content (AvgIpc) is 3.06. The van der Waals surface area contributed by atoms with Gasteiger partial charge in [0.15, 0.2) is 17.7 Å². The van der Waals surface area contributed by atoms with E-state index in [1.54, 1.807) is 0 Å². The molecule has 0 aromatic carbocycles. The minimum absolute atomic E-state index is 0.208. The van der Waals surface area contributed by atoms with Crippen LogP contribution in [0, 0.1) is 0 Å². The zero-order chi connectivity index (χ0) is 17.5. The lowest BCUT2D eigenvalue weighted by Gasteiger charge is -2.18. The van der Waals surface area contributed by atoms with Gasteiger partial charge in [0.05, 0.1) is 12.9 Å². The van der Waals surface area contributed by atoms with Gasteiger partial charge in [-0.1, -0.05) is 0 Å². The van der Waals surface area contributed by atoms with Crippen LogP contribution in [0.25, 0.3) is 11.2 Å². The lowest BCUT2D eigenvalue weighted by molar-refractivity contribution is -0.0503. The van der Waals surface area contributed by atoms with E-state index in [1.807, 2.05) is 0 Å². The highest BCUT2D eigenvalue weighted by Crippen LogP contribution is 2.39. The molecule has 0 spiro atoms. The number of aliphatic hydroxyl groups is 1. The Bertz CT molecular complexity index is 778. The van der Waals surface area contributed by atoms with Crippen molar-refractivity contribution in [3.8, 4) is 0 Å². The number of hydrogen-bond acceptors (Lipinski definition) is 9. The first-order chi connectivity index (χ1) is 11.3. The molecule has 5 atom stereocenters. The Hall–Kier alpha value is -1.62. The van der Waals surface area contributed by atoms with Crippen LogP contribution < -0.4 is 5.73 Å². The zero-order valence-corrected chi connectivity index (χ0v) is 13.9. The molecule has 0 amide bonds. The first-order valence-corrected chi connectivity index (χ1v) is 9.08. The molecule has 0 saturated carbocycles. The summed E-state index contributed by atoms with van der Waals surface area (Å²) < 4.78 is 28.7. The van der Waals surface area contributed by atoms with Crippen LogP contribution in [0.5, 0.6) is 0 Å². The van der Waals surface area contributed by atoms with Crippen molar-refractivity contribution in [3.05, 3.63) is 12.7 Å². The summed E-state index contributed by atoms with van der Waals surface area (Å²) in [4.78, 5) is 21.3. The molecule has 1 saturated heterocycles. The number of nitrogen functional groups attached to an aromatic ring is 1. The molecule has 4 N–H and O–H groups in total. The number of nitrogens with zero attached hydrogens (tertiary/aromatic N) is 4. The van der Waals surface area contributed by atoms with Crippen molar-refractivity contribution in [1.82, 2.24) is 19.5 Å². The molecule has 0 bridgehead atoms. The molecule has 1 aliphatic heterocycles. The van der Waals surface area contributed by atoms with Crippen LogP contribution in [0.1, 0.15) is 6.23 Å². The first kappa shape index (κ1) is 17.2. The number of anilines is 1. The molecule has 11 nitrogen and oxygen atoms in total. The van der Waals surface area contributed by atoms with Crippen molar-refractivity contribution < 1.29 is 28.6 Å². The van der Waals surface area contributed by atoms with Gasteiger partial charge >= 0.3 is 7.60 Å². The summed E-state index contributed by atoms with van der Waals surface area (Å²) in [6, 6.07) is 0. The Kier molecular flexibility index (Phi) is 4.56. The second-order valence-corrected chi connectivity index (χ2v) is 7.30. The number of imidazole rings is 1. The van der Waals surface area contributed by atoms with Crippen LogP contribution in [0.3, 0.4) is 0 Å². The Morgan fingerprint density at radius 3 is 2.88 bits per heavy atom. The van der Waals surface area contributed by atoms with Gasteiger partial charge in [0.1, 0.15) is 30.2 Å². The zero-order valence-electron chi connectivity index (χ0n) is 13.0. The van der Waals surface area contributed by atoms with Crippen LogP contribution in [-0.2, 0) is 18.6 Å². The van der Waals surface area contributed by atoms with E-state index >= 15 is 0 Å². The molecular formula is C12H18N5O6P.